The van der Waals surface area contributed by atoms with Crippen LogP contribution in [0.5, 0.6) is 5.75 Å². The van der Waals surface area contributed by atoms with E-state index in [0.717, 1.165) is 36.6 Å². The van der Waals surface area contributed by atoms with Crippen LogP contribution in [0.15, 0.2) is 46.7 Å². The van der Waals surface area contributed by atoms with Crippen LogP contribution in [0.1, 0.15) is 0 Å². The van der Waals surface area contributed by atoms with E-state index in [2.05, 4.69) is 44.0 Å². The molecule has 28 heavy (non-hydrogen) atoms. The van der Waals surface area contributed by atoms with Crippen molar-refractivity contribution in [2.45, 2.75) is 9.73 Å². The molecule has 3 aromatic rings. The van der Waals surface area contributed by atoms with Crippen LogP contribution >= 0.6 is 34.9 Å². The first-order valence-electron chi connectivity index (χ1n) is 8.54. The van der Waals surface area contributed by atoms with Gasteiger partial charge in [0.15, 0.2) is 5.17 Å². The Morgan fingerprint density at radius 1 is 1.21 bits per heavy atom. The number of aliphatic imine (C=N–C) groups is 1. The van der Waals surface area contributed by atoms with Crippen molar-refractivity contribution in [1.82, 2.24) is 20.8 Å². The van der Waals surface area contributed by atoms with Gasteiger partial charge in [-0.3, -0.25) is 10.4 Å². The molecule has 0 bridgehead atoms. The highest BCUT2D eigenvalue weighted by Gasteiger charge is 2.23. The molecule has 146 valence electrons. The molecule has 0 aliphatic carbocycles. The van der Waals surface area contributed by atoms with Crippen molar-refractivity contribution < 1.29 is 9.47 Å². The predicted octanol–water partition coefficient (Wildman–Crippen LogP) is 3.59. The van der Waals surface area contributed by atoms with E-state index in [-0.39, 0.29) is 4.71 Å². The van der Waals surface area contributed by atoms with Gasteiger partial charge in [0.2, 0.25) is 0 Å². The van der Waals surface area contributed by atoms with Crippen molar-refractivity contribution >= 4 is 50.2 Å². The average molecular weight is 434 g/mol. The van der Waals surface area contributed by atoms with Gasteiger partial charge in [-0.2, -0.15) is 0 Å². The smallest absolute Gasteiger partial charge is 0.173 e. The molecule has 1 saturated heterocycles. The molecule has 0 spiro atoms. The Hall–Kier alpha value is -1.85. The molecule has 10 heteroatoms. The molecule has 0 amide bonds. The summed E-state index contributed by atoms with van der Waals surface area (Å²) in [6.07, 6.45) is 1.62. The third-order valence-electron chi connectivity index (χ3n) is 3.94. The van der Waals surface area contributed by atoms with E-state index < -0.39 is 0 Å². The number of methoxy groups -OCH3 is 2. The number of rotatable bonds is 7. The minimum Gasteiger partial charge on any atom is -0.497 e. The summed E-state index contributed by atoms with van der Waals surface area (Å²) >= 11 is 4.99. The molecule has 1 unspecified atom stereocenters. The maximum atomic E-state index is 5.24. The largest absolute Gasteiger partial charge is 0.497 e. The van der Waals surface area contributed by atoms with Crippen molar-refractivity contribution in [2.24, 2.45) is 4.99 Å². The molecular weight excluding hydrogens is 414 g/mol. The van der Waals surface area contributed by atoms with Gasteiger partial charge in [0.05, 0.1) is 30.5 Å². The van der Waals surface area contributed by atoms with Crippen LogP contribution < -0.4 is 15.6 Å². The molecular formula is C18H19N5O2S3. The van der Waals surface area contributed by atoms with Crippen LogP contribution in [0.3, 0.4) is 0 Å². The van der Waals surface area contributed by atoms with Gasteiger partial charge in [-0.15, -0.1) is 11.3 Å². The second kappa shape index (κ2) is 9.10. The van der Waals surface area contributed by atoms with Gasteiger partial charge in [-0.1, -0.05) is 23.5 Å². The van der Waals surface area contributed by atoms with Crippen LogP contribution in [-0.2, 0) is 4.74 Å². The van der Waals surface area contributed by atoms with Gasteiger partial charge >= 0.3 is 0 Å². The summed E-state index contributed by atoms with van der Waals surface area (Å²) in [5, 5.41) is 1.82. The predicted molar refractivity (Wildman–Crippen MR) is 117 cm³/mol. The molecule has 2 aromatic heterocycles. The highest BCUT2D eigenvalue weighted by molar-refractivity contribution is 8.25. The third kappa shape index (κ3) is 4.41. The molecule has 7 nitrogen and oxygen atoms in total. The number of thioether (sulfide) groups is 2. The molecule has 4 rings (SSSR count). The molecule has 3 heterocycles. The summed E-state index contributed by atoms with van der Waals surface area (Å²) in [7, 11) is 3.35. The van der Waals surface area contributed by atoms with E-state index in [4.69, 9.17) is 9.47 Å². The molecule has 1 fully saturated rings. The summed E-state index contributed by atoms with van der Waals surface area (Å²) in [6, 6.07) is 10.2. The number of aromatic nitrogens is 2. The summed E-state index contributed by atoms with van der Waals surface area (Å²) in [5.41, 5.74) is 8.44. The Labute approximate surface area is 175 Å². The fourth-order valence-corrected chi connectivity index (χ4v) is 5.82. The molecule has 1 aliphatic rings. The number of hydrogen-bond acceptors (Lipinski definition) is 9. The number of nitrogens with zero attached hydrogens (tertiary/aromatic N) is 3. The van der Waals surface area contributed by atoms with E-state index >= 15 is 0 Å². The van der Waals surface area contributed by atoms with Gasteiger partial charge in [-0.25, -0.2) is 15.4 Å². The normalized spacial score (nSPS) is 17.9. The van der Waals surface area contributed by atoms with Crippen LogP contribution in [0.2, 0.25) is 0 Å². The highest BCUT2D eigenvalue weighted by Crippen LogP contribution is 2.40. The van der Waals surface area contributed by atoms with E-state index in [1.807, 2.05) is 12.1 Å². The lowest BCUT2D eigenvalue weighted by molar-refractivity contribution is 0.208. The molecule has 2 N–H and O–H groups in total. The van der Waals surface area contributed by atoms with Gasteiger partial charge in [0.1, 0.15) is 21.8 Å². The maximum absolute atomic E-state index is 5.24. The molecule has 1 atom stereocenters. The highest BCUT2D eigenvalue weighted by atomic mass is 32.2. The number of fused-ring (bicyclic) bond motifs is 1. The number of hydrogen-bond donors (Lipinski definition) is 2. The summed E-state index contributed by atoms with van der Waals surface area (Å²) in [6.45, 7) is 1.25. The lowest BCUT2D eigenvalue weighted by Gasteiger charge is -2.06. The zero-order chi connectivity index (χ0) is 19.3. The van der Waals surface area contributed by atoms with E-state index in [9.17, 15) is 0 Å². The fourth-order valence-electron chi connectivity index (χ4n) is 2.57. The van der Waals surface area contributed by atoms with Crippen LogP contribution in [-0.4, -0.2) is 47.2 Å². The van der Waals surface area contributed by atoms with Crippen LogP contribution in [0, 0.1) is 0 Å². The Kier molecular flexibility index (Phi) is 6.33. The van der Waals surface area contributed by atoms with Gasteiger partial charge < -0.3 is 9.47 Å². The summed E-state index contributed by atoms with van der Waals surface area (Å²) < 4.78 is 11.5. The Balaban J connectivity index is 1.52. The molecule has 0 saturated carbocycles. The Bertz CT molecular complexity index is 977. The molecule has 0 radical (unpaired) electrons. The van der Waals surface area contributed by atoms with Crippen molar-refractivity contribution in [3.8, 4) is 16.2 Å². The van der Waals surface area contributed by atoms with Gasteiger partial charge in [0.25, 0.3) is 0 Å². The first kappa shape index (κ1) is 19.5. The third-order valence-corrected chi connectivity index (χ3v) is 7.48. The number of benzene rings is 1. The van der Waals surface area contributed by atoms with Crippen LogP contribution in [0.25, 0.3) is 20.7 Å². The monoisotopic (exact) mass is 433 g/mol. The average Bonchev–Trinajstić information content (AvgIpc) is 3.36. The maximum Gasteiger partial charge on any atom is 0.173 e. The number of amidine groups is 1. The lowest BCUT2D eigenvalue weighted by atomic mass is 10.2. The van der Waals surface area contributed by atoms with E-state index in [0.29, 0.717) is 13.2 Å². The van der Waals surface area contributed by atoms with E-state index in [1.54, 1.807) is 55.4 Å². The zero-order valence-electron chi connectivity index (χ0n) is 15.3. The first-order chi connectivity index (χ1) is 13.8. The minimum absolute atomic E-state index is 0.0888. The zero-order valence-corrected chi connectivity index (χ0v) is 17.8. The van der Waals surface area contributed by atoms with Crippen molar-refractivity contribution in [1.29, 1.82) is 0 Å². The Morgan fingerprint density at radius 2 is 2.07 bits per heavy atom. The lowest BCUT2D eigenvalue weighted by Crippen LogP contribution is -2.30. The minimum atomic E-state index is 0.0888. The number of thiophene rings is 1. The molecule has 1 aliphatic heterocycles. The molecule has 1 aromatic carbocycles. The SMILES string of the molecule is COCCN=C1NNC(Sc2ncnc3cc(-c4ccc(OC)cc4)sc23)S1. The quantitative estimate of drug-likeness (QED) is 0.432. The van der Waals surface area contributed by atoms with Gasteiger partial charge in [0, 0.05) is 12.0 Å². The Morgan fingerprint density at radius 3 is 2.86 bits per heavy atom. The number of ether oxygens (including phenoxy) is 2. The van der Waals surface area contributed by atoms with Crippen LogP contribution in [0.4, 0.5) is 0 Å². The summed E-state index contributed by atoms with van der Waals surface area (Å²) in [5.74, 6) is 0.848. The number of nitrogens with one attached hydrogen (secondary N) is 2. The second-order valence-electron chi connectivity index (χ2n) is 5.75. The summed E-state index contributed by atoms with van der Waals surface area (Å²) in [4.78, 5) is 14.6. The standard InChI is InChI=1S/C18H19N5O2S3/c1-24-8-7-19-17-22-23-18(28-17)27-16-15-13(20-10-21-16)9-14(26-15)11-3-5-12(25-2)6-4-11/h3-6,9-10,18,23H,7-8H2,1-2H3,(H,19,22). The van der Waals surface area contributed by atoms with Crippen molar-refractivity contribution in [2.75, 3.05) is 27.4 Å². The van der Waals surface area contributed by atoms with E-state index in [1.165, 1.54) is 0 Å². The van der Waals surface area contributed by atoms with Crippen molar-refractivity contribution in [3.05, 3.63) is 36.7 Å². The topological polar surface area (TPSA) is 80.7 Å². The fraction of sp³-hybridized carbons (Fsp3) is 0.278. The second-order valence-corrected chi connectivity index (χ2v) is 9.29. The van der Waals surface area contributed by atoms with Gasteiger partial charge in [-0.05, 0) is 35.9 Å². The first-order valence-corrected chi connectivity index (χ1v) is 11.1. The van der Waals surface area contributed by atoms with Crippen molar-refractivity contribution in [3.63, 3.8) is 0 Å². The number of hydrazine groups is 1.